The van der Waals surface area contributed by atoms with Crippen LogP contribution in [0.4, 0.5) is 4.79 Å². The first-order valence-corrected chi connectivity index (χ1v) is 12.3. The van der Waals surface area contributed by atoms with E-state index in [9.17, 15) is 14.4 Å². The van der Waals surface area contributed by atoms with Crippen molar-refractivity contribution in [2.75, 3.05) is 21.2 Å². The van der Waals surface area contributed by atoms with Crippen molar-refractivity contribution in [2.24, 2.45) is 5.92 Å². The summed E-state index contributed by atoms with van der Waals surface area (Å²) < 4.78 is 17.4. The van der Waals surface area contributed by atoms with Crippen LogP contribution in [0.25, 0.3) is 0 Å². The van der Waals surface area contributed by atoms with Gasteiger partial charge >= 0.3 is 6.16 Å². The second-order valence-corrected chi connectivity index (χ2v) is 9.11. The van der Waals surface area contributed by atoms with Crippen molar-refractivity contribution in [3.05, 3.63) is 66.0 Å². The molecule has 0 saturated heterocycles. The Labute approximate surface area is 219 Å². The number of ether oxygens (including phenoxy) is 3. The monoisotopic (exact) mass is 512 g/mol. The summed E-state index contributed by atoms with van der Waals surface area (Å²) in [6, 6.07) is 8.40. The zero-order chi connectivity index (χ0) is 27.2. The van der Waals surface area contributed by atoms with Gasteiger partial charge in [0, 0.05) is 33.1 Å². The summed E-state index contributed by atoms with van der Waals surface area (Å²) in [5.41, 5.74) is 1.27. The van der Waals surface area contributed by atoms with Gasteiger partial charge in [0.25, 0.3) is 12.6 Å². The summed E-state index contributed by atoms with van der Waals surface area (Å²) >= 11 is 0. The van der Waals surface area contributed by atoms with E-state index in [1.54, 1.807) is 61.4 Å². The van der Waals surface area contributed by atoms with Crippen molar-refractivity contribution in [1.29, 1.82) is 0 Å². The van der Waals surface area contributed by atoms with Crippen molar-refractivity contribution in [1.82, 2.24) is 10.2 Å². The van der Waals surface area contributed by atoms with E-state index in [-0.39, 0.29) is 24.3 Å². The predicted octanol–water partition coefficient (Wildman–Crippen LogP) is 4.25. The van der Waals surface area contributed by atoms with Crippen LogP contribution in [0.15, 0.2) is 54.9 Å². The molecule has 9 heteroatoms. The van der Waals surface area contributed by atoms with Gasteiger partial charge in [-0.2, -0.15) is 4.57 Å². The molecular weight excluding hydrogens is 474 g/mol. The minimum Gasteiger partial charge on any atom is -0.493 e. The lowest BCUT2D eigenvalue weighted by Gasteiger charge is -2.11. The zero-order valence-corrected chi connectivity index (χ0v) is 22.4. The van der Waals surface area contributed by atoms with Gasteiger partial charge in [-0.3, -0.25) is 9.59 Å². The molecule has 0 aliphatic carbocycles. The summed E-state index contributed by atoms with van der Waals surface area (Å²) in [6.07, 6.45) is 9.95. The number of benzene rings is 1. The summed E-state index contributed by atoms with van der Waals surface area (Å²) in [7, 11) is 4.79. The van der Waals surface area contributed by atoms with Crippen molar-refractivity contribution >= 4 is 18.0 Å². The largest absolute Gasteiger partial charge is 0.518 e. The Balaban J connectivity index is 1.82. The fraction of sp³-hybridized carbons (Fsp3) is 0.429. The molecule has 9 nitrogen and oxygen atoms in total. The van der Waals surface area contributed by atoms with Gasteiger partial charge in [0.05, 0.1) is 7.11 Å². The summed E-state index contributed by atoms with van der Waals surface area (Å²) in [6.45, 7) is 4.49. The van der Waals surface area contributed by atoms with Gasteiger partial charge in [0.15, 0.2) is 23.9 Å². The normalized spacial score (nSPS) is 10.9. The molecule has 0 fully saturated rings. The minimum absolute atomic E-state index is 0.00967. The number of allylic oxidation sites excluding steroid dienone is 2. The second-order valence-electron chi connectivity index (χ2n) is 9.11. The Bertz CT molecular complexity index is 1080. The van der Waals surface area contributed by atoms with Crippen molar-refractivity contribution in [3.8, 4) is 11.5 Å². The Morgan fingerprint density at radius 2 is 1.89 bits per heavy atom. The SMILES string of the molecule is COc1cc(CNC(=O)CCCC/C=C/C(C)C)ccc1OC(=O)OC[n+]1cccc(C(=O)N(C)C)c1. The Morgan fingerprint density at radius 3 is 2.59 bits per heavy atom. The van der Waals surface area contributed by atoms with E-state index in [0.717, 1.165) is 24.8 Å². The highest BCUT2D eigenvalue weighted by molar-refractivity contribution is 5.93. The van der Waals surface area contributed by atoms with E-state index in [1.165, 1.54) is 12.0 Å². The standard InChI is InChI=1S/C28H37N3O6/c1-21(2)11-8-6-7-9-13-26(32)29-18-22-14-15-24(25(17-22)35-5)37-28(34)36-20-31-16-10-12-23(19-31)27(33)30(3)4/h8,10-12,14-17,19,21H,6-7,9,13,18,20H2,1-5H3/p+1/b11-8+. The molecule has 0 atom stereocenters. The van der Waals surface area contributed by atoms with Gasteiger partial charge in [-0.15, -0.1) is 0 Å². The van der Waals surface area contributed by atoms with Crippen LogP contribution >= 0.6 is 0 Å². The van der Waals surface area contributed by atoms with E-state index >= 15 is 0 Å². The van der Waals surface area contributed by atoms with Crippen LogP contribution in [0.1, 0.15) is 55.5 Å². The Morgan fingerprint density at radius 1 is 1.11 bits per heavy atom. The third-order valence-corrected chi connectivity index (χ3v) is 5.30. The smallest absolute Gasteiger partial charge is 0.493 e. The molecule has 1 heterocycles. The molecule has 1 N–H and O–H groups in total. The topological polar surface area (TPSA) is 98.0 Å². The van der Waals surface area contributed by atoms with Crippen molar-refractivity contribution in [3.63, 3.8) is 0 Å². The zero-order valence-electron chi connectivity index (χ0n) is 22.4. The third-order valence-electron chi connectivity index (χ3n) is 5.30. The number of hydrogen-bond acceptors (Lipinski definition) is 6. The van der Waals surface area contributed by atoms with Crippen LogP contribution in [0, 0.1) is 5.92 Å². The molecule has 200 valence electrons. The lowest BCUT2D eigenvalue weighted by molar-refractivity contribution is -0.727. The van der Waals surface area contributed by atoms with Crippen LogP contribution in [0.5, 0.6) is 11.5 Å². The number of pyridine rings is 1. The summed E-state index contributed by atoms with van der Waals surface area (Å²) in [5.74, 6) is 0.910. The number of nitrogens with zero attached hydrogens (tertiary/aromatic N) is 2. The maximum absolute atomic E-state index is 12.2. The molecule has 0 aliphatic rings. The first-order chi connectivity index (χ1) is 17.7. The average Bonchev–Trinajstić information content (AvgIpc) is 2.88. The van der Waals surface area contributed by atoms with Crippen LogP contribution in [-0.2, 0) is 22.8 Å². The molecule has 0 unspecified atom stereocenters. The summed E-state index contributed by atoms with van der Waals surface area (Å²) in [5, 5.41) is 2.90. The molecule has 1 aromatic heterocycles. The molecule has 2 aromatic rings. The highest BCUT2D eigenvalue weighted by Crippen LogP contribution is 2.28. The van der Waals surface area contributed by atoms with Gasteiger partial charge in [-0.1, -0.05) is 32.1 Å². The Hall–Kier alpha value is -3.88. The van der Waals surface area contributed by atoms with Crippen LogP contribution in [0.2, 0.25) is 0 Å². The molecule has 0 radical (unpaired) electrons. The number of unbranched alkanes of at least 4 members (excludes halogenated alkanes) is 2. The number of nitrogens with one attached hydrogen (secondary N) is 1. The molecule has 0 aliphatic heterocycles. The van der Waals surface area contributed by atoms with E-state index in [2.05, 4.69) is 31.3 Å². The van der Waals surface area contributed by atoms with Crippen LogP contribution in [-0.4, -0.2) is 44.1 Å². The molecule has 2 rings (SSSR count). The number of amides is 2. The molecule has 0 saturated carbocycles. The van der Waals surface area contributed by atoms with Crippen LogP contribution in [0.3, 0.4) is 0 Å². The van der Waals surface area contributed by atoms with Gasteiger partial charge < -0.3 is 24.4 Å². The van der Waals surface area contributed by atoms with Crippen molar-refractivity contribution < 1.29 is 33.2 Å². The van der Waals surface area contributed by atoms with Gasteiger partial charge in [-0.05, 0) is 48.9 Å². The number of hydrogen-bond donors (Lipinski definition) is 1. The molecule has 0 spiro atoms. The average molecular weight is 513 g/mol. The van der Waals surface area contributed by atoms with Gasteiger partial charge in [-0.25, -0.2) is 4.79 Å². The quantitative estimate of drug-likeness (QED) is 0.142. The molecular formula is C28H38N3O6+. The van der Waals surface area contributed by atoms with E-state index in [0.29, 0.717) is 30.2 Å². The number of carbonyl (C=O) groups excluding carboxylic acids is 3. The predicted molar refractivity (Wildman–Crippen MR) is 139 cm³/mol. The van der Waals surface area contributed by atoms with Gasteiger partial charge in [0.1, 0.15) is 5.56 Å². The van der Waals surface area contributed by atoms with E-state index in [1.807, 2.05) is 0 Å². The lowest BCUT2D eigenvalue weighted by atomic mass is 10.1. The number of methoxy groups -OCH3 is 1. The Kier molecular flexibility index (Phi) is 12.1. The molecule has 1 aromatic carbocycles. The second kappa shape index (κ2) is 15.3. The highest BCUT2D eigenvalue weighted by Gasteiger charge is 2.16. The number of carbonyl (C=O) groups is 3. The molecule has 2 amide bonds. The minimum atomic E-state index is -0.917. The fourth-order valence-corrected chi connectivity index (χ4v) is 3.34. The summed E-state index contributed by atoms with van der Waals surface area (Å²) in [4.78, 5) is 37.9. The van der Waals surface area contributed by atoms with E-state index in [4.69, 9.17) is 14.2 Å². The van der Waals surface area contributed by atoms with Crippen LogP contribution < -0.4 is 19.4 Å². The maximum atomic E-state index is 12.2. The highest BCUT2D eigenvalue weighted by atomic mass is 16.7. The first-order valence-electron chi connectivity index (χ1n) is 12.3. The number of rotatable bonds is 13. The molecule has 0 bridgehead atoms. The molecule has 37 heavy (non-hydrogen) atoms. The maximum Gasteiger partial charge on any atom is 0.518 e. The fourth-order valence-electron chi connectivity index (χ4n) is 3.34. The van der Waals surface area contributed by atoms with Crippen molar-refractivity contribution in [2.45, 2.75) is 52.8 Å². The van der Waals surface area contributed by atoms with Gasteiger partial charge in [0.2, 0.25) is 5.91 Å². The number of aromatic nitrogens is 1. The first kappa shape index (κ1) is 29.4. The third kappa shape index (κ3) is 10.7. The van der Waals surface area contributed by atoms with E-state index < -0.39 is 6.16 Å². The lowest BCUT2D eigenvalue weighted by Crippen LogP contribution is -2.37.